The van der Waals surface area contributed by atoms with Crippen molar-refractivity contribution < 1.29 is 14.3 Å². The first kappa shape index (κ1) is 23.4. The lowest BCUT2D eigenvalue weighted by atomic mass is 9.98. The van der Waals surface area contributed by atoms with Gasteiger partial charge in [0, 0.05) is 6.54 Å². The molecule has 6 heteroatoms. The molecule has 3 atom stereocenters. The number of nitrogens with zero attached hydrogens (tertiary/aromatic N) is 1. The zero-order valence-corrected chi connectivity index (χ0v) is 18.3. The fourth-order valence-electron chi connectivity index (χ4n) is 3.17. The summed E-state index contributed by atoms with van der Waals surface area (Å²) in [6, 6.07) is 18.9. The average molecular weight is 412 g/mol. The van der Waals surface area contributed by atoms with Crippen molar-refractivity contribution in [3.63, 3.8) is 0 Å². The summed E-state index contributed by atoms with van der Waals surface area (Å²) >= 11 is 0. The van der Waals surface area contributed by atoms with Crippen molar-refractivity contribution in [3.05, 3.63) is 71.8 Å². The molecule has 0 heterocycles. The number of likely N-dealkylation sites (N-methyl/N-ethyl adjacent to an activating group) is 1. The van der Waals surface area contributed by atoms with Crippen LogP contribution in [0.1, 0.15) is 37.4 Å². The van der Waals surface area contributed by atoms with E-state index in [1.54, 1.807) is 0 Å². The van der Waals surface area contributed by atoms with Gasteiger partial charge >= 0.3 is 6.09 Å². The summed E-state index contributed by atoms with van der Waals surface area (Å²) in [5, 5.41) is 5.75. The van der Waals surface area contributed by atoms with E-state index in [0.29, 0.717) is 6.54 Å². The highest BCUT2D eigenvalue weighted by molar-refractivity contribution is 5.85. The van der Waals surface area contributed by atoms with E-state index in [-0.39, 0.29) is 24.5 Å². The Kier molecular flexibility index (Phi) is 9.35. The highest BCUT2D eigenvalue weighted by atomic mass is 16.5. The molecule has 0 saturated heterocycles. The second-order valence-electron chi connectivity index (χ2n) is 7.70. The first-order valence-electron chi connectivity index (χ1n) is 10.4. The van der Waals surface area contributed by atoms with Crippen LogP contribution < -0.4 is 10.6 Å². The fourth-order valence-corrected chi connectivity index (χ4v) is 3.17. The van der Waals surface area contributed by atoms with Crippen molar-refractivity contribution in [1.82, 2.24) is 15.5 Å². The molecule has 0 bridgehead atoms. The zero-order chi connectivity index (χ0) is 21.9. The number of hydrogen-bond donors (Lipinski definition) is 2. The summed E-state index contributed by atoms with van der Waals surface area (Å²) in [6.45, 7) is 4.55. The zero-order valence-electron chi connectivity index (χ0n) is 18.3. The number of ether oxygens (including phenoxy) is 1. The standard InChI is InChI=1S/C24H33N3O3/c1-5-18(2)22(26-24(29)30-17-19-12-8-6-9-13-19)23(28)25-16-21(27(3)4)20-14-10-7-11-15-20/h6-15,18,21-22H,5,16-17H2,1-4H3,(H,25,28)(H,26,29)/t18-,21+,22-/m0/s1. The fraction of sp³-hybridized carbons (Fsp3) is 0.417. The molecule has 0 aliphatic carbocycles. The average Bonchev–Trinajstić information content (AvgIpc) is 2.76. The molecular formula is C24H33N3O3. The first-order chi connectivity index (χ1) is 14.4. The van der Waals surface area contributed by atoms with Crippen molar-refractivity contribution in [2.75, 3.05) is 20.6 Å². The highest BCUT2D eigenvalue weighted by Crippen LogP contribution is 2.17. The van der Waals surface area contributed by atoms with Crippen LogP contribution in [0.3, 0.4) is 0 Å². The minimum atomic E-state index is -0.656. The largest absolute Gasteiger partial charge is 0.445 e. The summed E-state index contributed by atoms with van der Waals surface area (Å²) in [4.78, 5) is 27.3. The van der Waals surface area contributed by atoms with E-state index in [1.807, 2.05) is 88.6 Å². The SMILES string of the molecule is CC[C@H](C)[C@H](NC(=O)OCc1ccccc1)C(=O)NC[C@H](c1ccccc1)N(C)C. The van der Waals surface area contributed by atoms with Gasteiger partial charge in [0.25, 0.3) is 0 Å². The maximum absolute atomic E-state index is 12.9. The predicted molar refractivity (Wildman–Crippen MR) is 119 cm³/mol. The molecule has 0 spiro atoms. The summed E-state index contributed by atoms with van der Waals surface area (Å²) in [6.07, 6.45) is 0.166. The monoisotopic (exact) mass is 411 g/mol. The predicted octanol–water partition coefficient (Wildman–Crippen LogP) is 3.75. The van der Waals surface area contributed by atoms with Crippen LogP contribution in [0, 0.1) is 5.92 Å². The van der Waals surface area contributed by atoms with Gasteiger partial charge < -0.3 is 20.3 Å². The van der Waals surface area contributed by atoms with E-state index in [2.05, 4.69) is 15.5 Å². The third-order valence-corrected chi connectivity index (χ3v) is 5.26. The Morgan fingerprint density at radius 2 is 1.60 bits per heavy atom. The van der Waals surface area contributed by atoms with E-state index in [1.165, 1.54) is 0 Å². The van der Waals surface area contributed by atoms with Gasteiger partial charge in [0.15, 0.2) is 0 Å². The summed E-state index contributed by atoms with van der Waals surface area (Å²) in [5.41, 5.74) is 2.02. The molecule has 2 N–H and O–H groups in total. The Morgan fingerprint density at radius 1 is 1.00 bits per heavy atom. The van der Waals surface area contributed by atoms with Gasteiger partial charge in [-0.25, -0.2) is 4.79 Å². The molecule has 162 valence electrons. The van der Waals surface area contributed by atoms with Crippen molar-refractivity contribution in [1.29, 1.82) is 0 Å². The topological polar surface area (TPSA) is 70.7 Å². The van der Waals surface area contributed by atoms with E-state index >= 15 is 0 Å². The van der Waals surface area contributed by atoms with E-state index in [0.717, 1.165) is 17.5 Å². The number of alkyl carbamates (subject to hydrolysis) is 1. The summed E-state index contributed by atoms with van der Waals surface area (Å²) < 4.78 is 5.30. The van der Waals surface area contributed by atoms with E-state index in [4.69, 9.17) is 4.74 Å². The Hall–Kier alpha value is -2.86. The Bertz CT molecular complexity index is 781. The lowest BCUT2D eigenvalue weighted by Gasteiger charge is -2.28. The molecule has 6 nitrogen and oxygen atoms in total. The van der Waals surface area contributed by atoms with Gasteiger partial charge in [-0.15, -0.1) is 0 Å². The van der Waals surface area contributed by atoms with Crippen LogP contribution >= 0.6 is 0 Å². The molecule has 2 rings (SSSR count). The third kappa shape index (κ3) is 7.19. The van der Waals surface area contributed by atoms with Crippen LogP contribution in [0.25, 0.3) is 0 Å². The summed E-state index contributed by atoms with van der Waals surface area (Å²) in [7, 11) is 3.96. The molecule has 0 aliphatic rings. The van der Waals surface area contributed by atoms with Crippen molar-refractivity contribution >= 4 is 12.0 Å². The third-order valence-electron chi connectivity index (χ3n) is 5.26. The number of benzene rings is 2. The van der Waals surface area contributed by atoms with Gasteiger partial charge in [-0.3, -0.25) is 4.79 Å². The second-order valence-corrected chi connectivity index (χ2v) is 7.70. The lowest BCUT2D eigenvalue weighted by Crippen LogP contribution is -2.51. The van der Waals surface area contributed by atoms with Gasteiger partial charge in [0.05, 0.1) is 6.04 Å². The Morgan fingerprint density at radius 3 is 2.17 bits per heavy atom. The van der Waals surface area contributed by atoms with Crippen molar-refractivity contribution in [3.8, 4) is 0 Å². The van der Waals surface area contributed by atoms with E-state index < -0.39 is 12.1 Å². The van der Waals surface area contributed by atoms with Crippen LogP contribution in [-0.2, 0) is 16.1 Å². The quantitative estimate of drug-likeness (QED) is 0.625. The summed E-state index contributed by atoms with van der Waals surface area (Å²) in [5.74, 6) is -0.229. The number of hydrogen-bond acceptors (Lipinski definition) is 4. The molecule has 2 amide bonds. The van der Waals surface area contributed by atoms with Crippen molar-refractivity contribution in [2.45, 2.75) is 39.0 Å². The molecule has 2 aromatic rings. The van der Waals surface area contributed by atoms with Gasteiger partial charge in [-0.2, -0.15) is 0 Å². The van der Waals surface area contributed by atoms with Crippen molar-refractivity contribution in [2.24, 2.45) is 5.92 Å². The van der Waals surface area contributed by atoms with Crippen LogP contribution in [-0.4, -0.2) is 43.6 Å². The van der Waals surface area contributed by atoms with E-state index in [9.17, 15) is 9.59 Å². The number of amides is 2. The minimum Gasteiger partial charge on any atom is -0.445 e. The highest BCUT2D eigenvalue weighted by Gasteiger charge is 2.27. The molecule has 0 aliphatic heterocycles. The normalized spacial score (nSPS) is 13.9. The van der Waals surface area contributed by atoms with Gasteiger partial charge in [-0.1, -0.05) is 80.9 Å². The molecule has 30 heavy (non-hydrogen) atoms. The van der Waals surface area contributed by atoms with Crippen LogP contribution in [0.5, 0.6) is 0 Å². The minimum absolute atomic E-state index is 0.0243. The van der Waals surface area contributed by atoms with Crippen LogP contribution in [0.2, 0.25) is 0 Å². The lowest BCUT2D eigenvalue weighted by molar-refractivity contribution is -0.124. The Labute approximate surface area is 179 Å². The number of carbonyl (C=O) groups excluding carboxylic acids is 2. The van der Waals surface area contributed by atoms with Crippen LogP contribution in [0.15, 0.2) is 60.7 Å². The number of carbonyl (C=O) groups is 2. The molecule has 0 saturated carbocycles. The van der Waals surface area contributed by atoms with Gasteiger partial charge in [0.1, 0.15) is 12.6 Å². The van der Waals surface area contributed by atoms with Crippen LogP contribution in [0.4, 0.5) is 4.79 Å². The first-order valence-corrected chi connectivity index (χ1v) is 10.4. The molecule has 0 fully saturated rings. The molecule has 0 unspecified atom stereocenters. The number of nitrogens with one attached hydrogen (secondary N) is 2. The number of rotatable bonds is 10. The smallest absolute Gasteiger partial charge is 0.408 e. The maximum Gasteiger partial charge on any atom is 0.408 e. The second kappa shape index (κ2) is 12.0. The molecule has 2 aromatic carbocycles. The molecular weight excluding hydrogens is 378 g/mol. The van der Waals surface area contributed by atoms with Gasteiger partial charge in [0.2, 0.25) is 5.91 Å². The maximum atomic E-state index is 12.9. The molecule has 0 aromatic heterocycles. The Balaban J connectivity index is 1.96. The van der Waals surface area contributed by atoms with Gasteiger partial charge in [-0.05, 0) is 31.1 Å². The molecule has 0 radical (unpaired) electrons.